The predicted octanol–water partition coefficient (Wildman–Crippen LogP) is 3.52. The smallest absolute Gasteiger partial charge is 0.250 e. The van der Waals surface area contributed by atoms with E-state index >= 15 is 0 Å². The van der Waals surface area contributed by atoms with Crippen molar-refractivity contribution in [3.8, 4) is 22.3 Å². The number of nitrogens with two attached hydrogens (primary N) is 1. The molecule has 0 aliphatic carbocycles. The molecule has 3 aromatic heterocycles. The van der Waals surface area contributed by atoms with Crippen LogP contribution in [0.3, 0.4) is 0 Å². The first-order valence-electron chi connectivity index (χ1n) is 8.81. The van der Waals surface area contributed by atoms with Crippen LogP contribution in [0.15, 0.2) is 73.8 Å². The summed E-state index contributed by atoms with van der Waals surface area (Å²) in [6.07, 6.45) is 7.92. The number of aromatic nitrogens is 3. The van der Waals surface area contributed by atoms with E-state index in [9.17, 15) is 9.59 Å². The van der Waals surface area contributed by atoms with Gasteiger partial charge in [0.25, 0.3) is 0 Å². The second-order valence-electron chi connectivity index (χ2n) is 6.42. The fourth-order valence-corrected chi connectivity index (χ4v) is 3.09. The minimum absolute atomic E-state index is 0.273. The van der Waals surface area contributed by atoms with E-state index in [2.05, 4.69) is 26.8 Å². The number of pyridine rings is 2. The van der Waals surface area contributed by atoms with Gasteiger partial charge in [0.1, 0.15) is 5.65 Å². The van der Waals surface area contributed by atoms with Crippen molar-refractivity contribution in [3.05, 3.63) is 79.4 Å². The number of hydrogen-bond acceptors (Lipinski definition) is 4. The highest BCUT2D eigenvalue weighted by Crippen LogP contribution is 2.31. The van der Waals surface area contributed by atoms with E-state index in [4.69, 9.17) is 5.73 Å². The first-order valence-corrected chi connectivity index (χ1v) is 8.81. The molecule has 0 radical (unpaired) electrons. The Morgan fingerprint density at radius 3 is 2.72 bits per heavy atom. The molecule has 7 heteroatoms. The Bertz CT molecular complexity index is 1260. The molecule has 4 N–H and O–H groups in total. The van der Waals surface area contributed by atoms with Crippen molar-refractivity contribution in [1.82, 2.24) is 15.0 Å². The van der Waals surface area contributed by atoms with E-state index in [0.717, 1.165) is 27.6 Å². The second kappa shape index (κ2) is 7.40. The number of primary amides is 1. The lowest BCUT2D eigenvalue weighted by molar-refractivity contribution is -0.111. The SMILES string of the molecule is C=CC(=O)Nc1cccc(-c2cnc3[nH]cc(-c4cncc(C(N)=O)c4)c3c2)c1. The molecule has 0 atom stereocenters. The van der Waals surface area contributed by atoms with Gasteiger partial charge in [-0.3, -0.25) is 14.6 Å². The molecule has 1 aromatic carbocycles. The lowest BCUT2D eigenvalue weighted by Gasteiger charge is -2.07. The molecular weight excluding hydrogens is 366 g/mol. The summed E-state index contributed by atoms with van der Waals surface area (Å²) < 4.78 is 0. The Balaban J connectivity index is 1.77. The van der Waals surface area contributed by atoms with E-state index in [1.54, 1.807) is 24.5 Å². The summed E-state index contributed by atoms with van der Waals surface area (Å²) in [5.41, 5.74) is 10.5. The van der Waals surface area contributed by atoms with Crippen LogP contribution in [0.25, 0.3) is 33.3 Å². The molecule has 29 heavy (non-hydrogen) atoms. The van der Waals surface area contributed by atoms with Crippen LogP contribution in [0, 0.1) is 0 Å². The first-order chi connectivity index (χ1) is 14.0. The lowest BCUT2D eigenvalue weighted by Crippen LogP contribution is -2.11. The Kier molecular flexibility index (Phi) is 4.62. The quantitative estimate of drug-likeness (QED) is 0.458. The van der Waals surface area contributed by atoms with Gasteiger partial charge in [0.2, 0.25) is 11.8 Å². The molecule has 4 aromatic rings. The van der Waals surface area contributed by atoms with Gasteiger partial charge in [0, 0.05) is 52.6 Å². The Morgan fingerprint density at radius 2 is 1.93 bits per heavy atom. The molecule has 0 spiro atoms. The van der Waals surface area contributed by atoms with Crippen LogP contribution < -0.4 is 11.1 Å². The number of carbonyl (C=O) groups is 2. The van der Waals surface area contributed by atoms with Gasteiger partial charge >= 0.3 is 0 Å². The largest absolute Gasteiger partial charge is 0.366 e. The zero-order valence-corrected chi connectivity index (χ0v) is 15.3. The summed E-state index contributed by atoms with van der Waals surface area (Å²) in [5, 5.41) is 3.63. The third-order valence-corrected chi connectivity index (χ3v) is 4.51. The minimum atomic E-state index is -0.531. The van der Waals surface area contributed by atoms with Crippen molar-refractivity contribution < 1.29 is 9.59 Å². The Hall–Kier alpha value is -4.26. The van der Waals surface area contributed by atoms with Crippen molar-refractivity contribution in [2.75, 3.05) is 5.32 Å². The summed E-state index contributed by atoms with van der Waals surface area (Å²) in [7, 11) is 0. The number of nitrogens with zero attached hydrogens (tertiary/aromatic N) is 2. The fraction of sp³-hybridized carbons (Fsp3) is 0. The summed E-state index contributed by atoms with van der Waals surface area (Å²) >= 11 is 0. The highest BCUT2D eigenvalue weighted by molar-refractivity contribution is 6.00. The highest BCUT2D eigenvalue weighted by Gasteiger charge is 2.12. The number of nitrogens with one attached hydrogen (secondary N) is 2. The number of carbonyl (C=O) groups excluding carboxylic acids is 2. The van der Waals surface area contributed by atoms with Crippen molar-refractivity contribution in [2.45, 2.75) is 0 Å². The predicted molar refractivity (Wildman–Crippen MR) is 112 cm³/mol. The zero-order valence-electron chi connectivity index (χ0n) is 15.3. The number of benzene rings is 1. The van der Waals surface area contributed by atoms with Crippen LogP contribution in [0.2, 0.25) is 0 Å². The van der Waals surface area contributed by atoms with Gasteiger partial charge in [-0.25, -0.2) is 4.98 Å². The third kappa shape index (κ3) is 3.61. The molecule has 4 rings (SSSR count). The molecule has 0 aliphatic heterocycles. The number of aromatic amines is 1. The van der Waals surface area contributed by atoms with Gasteiger partial charge in [-0.15, -0.1) is 0 Å². The zero-order chi connectivity index (χ0) is 20.4. The van der Waals surface area contributed by atoms with E-state index < -0.39 is 5.91 Å². The van der Waals surface area contributed by atoms with Crippen LogP contribution in [-0.4, -0.2) is 26.8 Å². The topological polar surface area (TPSA) is 114 Å². The van der Waals surface area contributed by atoms with Crippen LogP contribution >= 0.6 is 0 Å². The first kappa shape index (κ1) is 18.1. The van der Waals surface area contributed by atoms with Crippen molar-refractivity contribution in [3.63, 3.8) is 0 Å². The number of rotatable bonds is 5. The number of anilines is 1. The monoisotopic (exact) mass is 383 g/mol. The van der Waals surface area contributed by atoms with Crippen LogP contribution in [-0.2, 0) is 4.79 Å². The Labute approximate surface area is 166 Å². The average Bonchev–Trinajstić information content (AvgIpc) is 3.17. The van der Waals surface area contributed by atoms with Gasteiger partial charge in [0.05, 0.1) is 5.56 Å². The number of fused-ring (bicyclic) bond motifs is 1. The molecule has 0 saturated carbocycles. The maximum Gasteiger partial charge on any atom is 0.250 e. The standard InChI is InChI=1S/C22H17N5O2/c1-2-20(28)27-17-5-3-4-13(7-17)14-8-18-19(12-26-22(18)25-11-14)15-6-16(21(23)29)10-24-9-15/h2-12H,1H2,(H2,23,29)(H,25,26)(H,27,28). The fourth-order valence-electron chi connectivity index (χ4n) is 3.09. The molecule has 7 nitrogen and oxygen atoms in total. The second-order valence-corrected chi connectivity index (χ2v) is 6.42. The van der Waals surface area contributed by atoms with Crippen LogP contribution in [0.4, 0.5) is 5.69 Å². The van der Waals surface area contributed by atoms with Crippen molar-refractivity contribution in [2.24, 2.45) is 5.73 Å². The normalized spacial score (nSPS) is 10.6. The molecule has 0 unspecified atom stereocenters. The van der Waals surface area contributed by atoms with E-state index in [0.29, 0.717) is 16.9 Å². The summed E-state index contributed by atoms with van der Waals surface area (Å²) in [6.45, 7) is 3.46. The minimum Gasteiger partial charge on any atom is -0.366 e. The number of hydrogen-bond donors (Lipinski definition) is 3. The number of amides is 2. The molecule has 0 bridgehead atoms. The van der Waals surface area contributed by atoms with Crippen LogP contribution in [0.5, 0.6) is 0 Å². The molecule has 0 aliphatic rings. The molecule has 2 amide bonds. The van der Waals surface area contributed by atoms with Crippen LogP contribution in [0.1, 0.15) is 10.4 Å². The summed E-state index contributed by atoms with van der Waals surface area (Å²) in [5.74, 6) is -0.804. The lowest BCUT2D eigenvalue weighted by atomic mass is 10.0. The van der Waals surface area contributed by atoms with Gasteiger partial charge in [-0.05, 0) is 35.9 Å². The highest BCUT2D eigenvalue weighted by atomic mass is 16.1. The maximum absolute atomic E-state index is 11.6. The molecular formula is C22H17N5O2. The van der Waals surface area contributed by atoms with Gasteiger partial charge in [-0.2, -0.15) is 0 Å². The van der Waals surface area contributed by atoms with Gasteiger partial charge in [0.15, 0.2) is 0 Å². The summed E-state index contributed by atoms with van der Waals surface area (Å²) in [6, 6.07) is 11.2. The van der Waals surface area contributed by atoms with Crippen molar-refractivity contribution in [1.29, 1.82) is 0 Å². The summed E-state index contributed by atoms with van der Waals surface area (Å²) in [4.78, 5) is 34.8. The Morgan fingerprint density at radius 1 is 1.07 bits per heavy atom. The average molecular weight is 383 g/mol. The third-order valence-electron chi connectivity index (χ3n) is 4.51. The van der Waals surface area contributed by atoms with Gasteiger partial charge < -0.3 is 16.0 Å². The van der Waals surface area contributed by atoms with E-state index in [1.165, 1.54) is 12.3 Å². The van der Waals surface area contributed by atoms with Gasteiger partial charge in [-0.1, -0.05) is 18.7 Å². The molecule has 0 saturated heterocycles. The molecule has 142 valence electrons. The van der Waals surface area contributed by atoms with Crippen molar-refractivity contribution >= 4 is 28.5 Å². The van der Waals surface area contributed by atoms with E-state index in [1.807, 2.05) is 30.5 Å². The maximum atomic E-state index is 11.6. The van der Waals surface area contributed by atoms with E-state index in [-0.39, 0.29) is 5.91 Å². The molecule has 3 heterocycles. The number of H-pyrrole nitrogens is 1. The molecule has 0 fully saturated rings.